The summed E-state index contributed by atoms with van der Waals surface area (Å²) >= 11 is 4.58. The van der Waals surface area contributed by atoms with Crippen molar-refractivity contribution >= 4 is 45.3 Å². The van der Waals surface area contributed by atoms with E-state index in [1.807, 2.05) is 10.6 Å². The number of rotatable bonds is 8. The summed E-state index contributed by atoms with van der Waals surface area (Å²) in [4.78, 5) is 15.3. The van der Waals surface area contributed by atoms with E-state index in [0.29, 0.717) is 22.3 Å². The van der Waals surface area contributed by atoms with Gasteiger partial charge in [-0.2, -0.15) is 5.26 Å². The molecule has 0 aliphatic heterocycles. The molecule has 1 aromatic carbocycles. The number of allylic oxidation sites excluding steroid dienone is 1. The molecule has 188 valence electrons. The molecule has 1 amide bonds. The van der Waals surface area contributed by atoms with Gasteiger partial charge < -0.3 is 5.32 Å². The number of hydrogen-bond acceptors (Lipinski definition) is 7. The lowest BCUT2D eigenvalue weighted by Gasteiger charge is -2.10. The van der Waals surface area contributed by atoms with Crippen LogP contribution in [0.5, 0.6) is 0 Å². The Morgan fingerprint density at radius 2 is 2.03 bits per heavy atom. The van der Waals surface area contributed by atoms with Crippen molar-refractivity contribution in [3.8, 4) is 28.6 Å². The highest BCUT2D eigenvalue weighted by atomic mass is 32.2. The second-order valence-electron chi connectivity index (χ2n) is 9.02. The molecule has 0 radical (unpaired) electrons. The van der Waals surface area contributed by atoms with Crippen LogP contribution in [0.25, 0.3) is 22.5 Å². The van der Waals surface area contributed by atoms with Crippen LogP contribution in [0.15, 0.2) is 47.5 Å². The van der Waals surface area contributed by atoms with Crippen LogP contribution in [0.4, 0.5) is 5.00 Å². The predicted octanol–water partition coefficient (Wildman–Crippen LogP) is 7.02. The number of anilines is 1. The molecular formula is C28H27N5OS3. The van der Waals surface area contributed by atoms with Crippen LogP contribution >= 0.6 is 34.4 Å². The fraction of sp³-hybridized carbons (Fsp3) is 0.286. The van der Waals surface area contributed by atoms with Gasteiger partial charge in [0, 0.05) is 32.8 Å². The van der Waals surface area contributed by atoms with Crippen molar-refractivity contribution in [2.24, 2.45) is 0 Å². The summed E-state index contributed by atoms with van der Waals surface area (Å²) in [6.45, 7) is 8.65. The maximum atomic E-state index is 12.9. The maximum Gasteiger partial charge on any atom is 0.235 e. The summed E-state index contributed by atoms with van der Waals surface area (Å²) in [6, 6.07) is 10.8. The molecule has 0 spiro atoms. The zero-order valence-electron chi connectivity index (χ0n) is 20.8. The number of aromatic nitrogens is 3. The summed E-state index contributed by atoms with van der Waals surface area (Å²) in [5.74, 6) is 0.790. The van der Waals surface area contributed by atoms with E-state index in [-0.39, 0.29) is 11.7 Å². The Hall–Kier alpha value is -3.19. The molecule has 1 N–H and O–H groups in total. The van der Waals surface area contributed by atoms with E-state index in [2.05, 4.69) is 71.7 Å². The Morgan fingerprint density at radius 3 is 2.78 bits per heavy atom. The molecule has 3 heterocycles. The number of fused-ring (bicyclic) bond motifs is 1. The van der Waals surface area contributed by atoms with E-state index in [1.54, 1.807) is 22.7 Å². The number of thioether (sulfide) groups is 1. The highest BCUT2D eigenvalue weighted by molar-refractivity contribution is 7.99. The quantitative estimate of drug-likeness (QED) is 0.190. The zero-order chi connectivity index (χ0) is 25.9. The van der Waals surface area contributed by atoms with Gasteiger partial charge in [0.1, 0.15) is 11.1 Å². The Kier molecular flexibility index (Phi) is 7.60. The van der Waals surface area contributed by atoms with Crippen LogP contribution in [0.3, 0.4) is 0 Å². The smallest absolute Gasteiger partial charge is 0.235 e. The largest absolute Gasteiger partial charge is 0.316 e. The van der Waals surface area contributed by atoms with Crippen LogP contribution < -0.4 is 5.32 Å². The number of nitrogens with one attached hydrogen (secondary N) is 1. The first-order valence-corrected chi connectivity index (χ1v) is 14.8. The fourth-order valence-electron chi connectivity index (χ4n) is 4.65. The second-order valence-corrected chi connectivity index (χ2v) is 12.1. The number of carbonyl (C=O) groups excluding carboxylic acids is 1. The van der Waals surface area contributed by atoms with Gasteiger partial charge in [0.25, 0.3) is 0 Å². The molecule has 4 aromatic rings. The number of carbonyl (C=O) groups is 1. The summed E-state index contributed by atoms with van der Waals surface area (Å²) in [7, 11) is 0. The number of nitriles is 1. The van der Waals surface area contributed by atoms with Gasteiger partial charge in [-0.1, -0.05) is 47.7 Å². The Balaban J connectivity index is 1.37. The van der Waals surface area contributed by atoms with Crippen LogP contribution in [-0.2, 0) is 24.2 Å². The first-order chi connectivity index (χ1) is 18.0. The molecule has 6 nitrogen and oxygen atoms in total. The molecule has 3 aromatic heterocycles. The topological polar surface area (TPSA) is 83.6 Å². The van der Waals surface area contributed by atoms with Crippen molar-refractivity contribution in [2.75, 3.05) is 11.1 Å². The van der Waals surface area contributed by atoms with E-state index in [4.69, 9.17) is 0 Å². The van der Waals surface area contributed by atoms with Gasteiger partial charge in [0.2, 0.25) is 5.91 Å². The Labute approximate surface area is 229 Å². The number of benzene rings is 1. The van der Waals surface area contributed by atoms with Crippen molar-refractivity contribution in [1.82, 2.24) is 14.8 Å². The van der Waals surface area contributed by atoms with Crippen LogP contribution in [0.1, 0.15) is 39.3 Å². The van der Waals surface area contributed by atoms with Gasteiger partial charge in [0.15, 0.2) is 11.0 Å². The normalized spacial score (nSPS) is 12.7. The molecule has 9 heteroatoms. The van der Waals surface area contributed by atoms with Gasteiger partial charge in [-0.3, -0.25) is 9.36 Å². The van der Waals surface area contributed by atoms with Crippen molar-refractivity contribution in [2.45, 2.75) is 51.2 Å². The first kappa shape index (κ1) is 25.5. The second kappa shape index (κ2) is 11.1. The SMILES string of the molecule is C=CCn1c(SCC(=O)Nc2sc3c(c2C#N)CCCC3)nnc1-c1csc(C)c1-c1ccc(C)cc1. The zero-order valence-corrected chi connectivity index (χ0v) is 23.3. The number of thiophene rings is 2. The summed E-state index contributed by atoms with van der Waals surface area (Å²) < 4.78 is 2.01. The molecule has 37 heavy (non-hydrogen) atoms. The molecule has 0 saturated heterocycles. The molecule has 0 unspecified atom stereocenters. The lowest BCUT2D eigenvalue weighted by Crippen LogP contribution is -2.14. The number of aryl methyl sites for hydroxylation is 3. The molecule has 0 fully saturated rings. The van der Waals surface area contributed by atoms with E-state index >= 15 is 0 Å². The van der Waals surface area contributed by atoms with Crippen molar-refractivity contribution in [3.63, 3.8) is 0 Å². The van der Waals surface area contributed by atoms with Crippen molar-refractivity contribution in [3.05, 3.63) is 68.7 Å². The lowest BCUT2D eigenvalue weighted by molar-refractivity contribution is -0.113. The fourth-order valence-corrected chi connectivity index (χ4v) is 7.52. The van der Waals surface area contributed by atoms with Crippen LogP contribution in [0.2, 0.25) is 0 Å². The van der Waals surface area contributed by atoms with E-state index < -0.39 is 0 Å². The first-order valence-electron chi connectivity index (χ1n) is 12.2. The highest BCUT2D eigenvalue weighted by Gasteiger charge is 2.23. The molecule has 1 aliphatic carbocycles. The number of hydrogen-bond donors (Lipinski definition) is 1. The lowest BCUT2D eigenvalue weighted by atomic mass is 9.96. The summed E-state index contributed by atoms with van der Waals surface area (Å²) in [6.07, 6.45) is 5.95. The van der Waals surface area contributed by atoms with Gasteiger partial charge >= 0.3 is 0 Å². The minimum absolute atomic E-state index is 0.151. The van der Waals surface area contributed by atoms with E-state index in [1.165, 1.54) is 27.1 Å². The predicted molar refractivity (Wildman–Crippen MR) is 153 cm³/mol. The van der Waals surface area contributed by atoms with Crippen molar-refractivity contribution in [1.29, 1.82) is 5.26 Å². The Morgan fingerprint density at radius 1 is 1.24 bits per heavy atom. The van der Waals surface area contributed by atoms with Gasteiger partial charge in [-0.25, -0.2) is 0 Å². The molecular weight excluding hydrogens is 519 g/mol. The molecule has 1 aliphatic rings. The standard InChI is InChI=1S/C28H27N5OS3/c1-4-13-33-26(22-15-35-18(3)25(22)19-11-9-17(2)10-12-19)31-32-28(33)36-16-24(34)30-27-21(14-29)20-7-5-6-8-23(20)37-27/h4,9-12,15H,1,5-8,13,16H2,2-3H3,(H,30,34). The van der Waals surface area contributed by atoms with Gasteiger partial charge in [0.05, 0.1) is 11.3 Å². The average molecular weight is 546 g/mol. The number of amides is 1. The van der Waals surface area contributed by atoms with Crippen molar-refractivity contribution < 1.29 is 4.79 Å². The van der Waals surface area contributed by atoms with Gasteiger partial charge in [-0.05, 0) is 50.7 Å². The maximum absolute atomic E-state index is 12.9. The van der Waals surface area contributed by atoms with Gasteiger partial charge in [-0.15, -0.1) is 39.4 Å². The third-order valence-corrected chi connectivity index (χ3v) is 9.54. The molecule has 0 atom stereocenters. The van der Waals surface area contributed by atoms with E-state index in [0.717, 1.165) is 53.8 Å². The van der Waals surface area contributed by atoms with E-state index in [9.17, 15) is 10.1 Å². The third kappa shape index (κ3) is 5.14. The minimum Gasteiger partial charge on any atom is -0.316 e. The Bertz CT molecular complexity index is 1500. The summed E-state index contributed by atoms with van der Waals surface area (Å²) in [5, 5.41) is 25.1. The van der Waals surface area contributed by atoms with Crippen LogP contribution in [0, 0.1) is 25.2 Å². The number of nitrogens with zero attached hydrogens (tertiary/aromatic N) is 4. The monoisotopic (exact) mass is 545 g/mol. The average Bonchev–Trinajstić information content (AvgIpc) is 3.58. The third-order valence-electron chi connectivity index (χ3n) is 6.45. The minimum atomic E-state index is -0.151. The molecule has 0 saturated carbocycles. The highest BCUT2D eigenvalue weighted by Crippen LogP contribution is 2.40. The molecule has 0 bridgehead atoms. The van der Waals surface area contributed by atoms with Crippen LogP contribution in [-0.4, -0.2) is 26.4 Å². The summed E-state index contributed by atoms with van der Waals surface area (Å²) in [5.41, 5.74) is 6.30. The molecule has 5 rings (SSSR count).